The molecule has 0 saturated carbocycles. The highest BCUT2D eigenvalue weighted by atomic mass is 16.5. The minimum absolute atomic E-state index is 0.115. The minimum atomic E-state index is -0.540. The summed E-state index contributed by atoms with van der Waals surface area (Å²) < 4.78 is 5.06. The lowest BCUT2D eigenvalue weighted by atomic mass is 10.4. The molecule has 1 saturated heterocycles. The fourth-order valence-corrected chi connectivity index (χ4v) is 1.04. The lowest BCUT2D eigenvalue weighted by Crippen LogP contribution is -2.48. The second kappa shape index (κ2) is 4.66. The summed E-state index contributed by atoms with van der Waals surface area (Å²) in [6.45, 7) is 2.10. The molecule has 1 aliphatic heterocycles. The van der Waals surface area contributed by atoms with Crippen LogP contribution in [0.15, 0.2) is 0 Å². The van der Waals surface area contributed by atoms with Gasteiger partial charge in [0.1, 0.15) is 0 Å². The van der Waals surface area contributed by atoms with Crippen LogP contribution in [0.1, 0.15) is 0 Å². The second-order valence-corrected chi connectivity index (χ2v) is 2.72. The Labute approximate surface area is 76.0 Å². The molecule has 1 aliphatic rings. The number of rotatable bonds is 2. The molecule has 1 heterocycles. The van der Waals surface area contributed by atoms with Gasteiger partial charge >= 0.3 is 6.03 Å². The predicted octanol–water partition coefficient (Wildman–Crippen LogP) is -1.49. The van der Waals surface area contributed by atoms with Gasteiger partial charge < -0.3 is 20.7 Å². The number of nitrogens with two attached hydrogens (primary N) is 1. The number of morpholine rings is 1. The third-order valence-electron chi connectivity index (χ3n) is 1.71. The van der Waals surface area contributed by atoms with Crippen molar-refractivity contribution in [3.05, 3.63) is 0 Å². The van der Waals surface area contributed by atoms with E-state index in [0.717, 1.165) is 0 Å². The maximum absolute atomic E-state index is 11.3. The molecular formula is C7H13N3O3. The molecule has 0 aromatic carbocycles. The summed E-state index contributed by atoms with van der Waals surface area (Å²) in [5, 5.41) is 2.41. The van der Waals surface area contributed by atoms with Gasteiger partial charge in [0.2, 0.25) is 5.91 Å². The number of carbonyl (C=O) groups excluding carboxylic acids is 2. The zero-order valence-electron chi connectivity index (χ0n) is 7.28. The van der Waals surface area contributed by atoms with Gasteiger partial charge in [-0.05, 0) is 0 Å². The highest BCUT2D eigenvalue weighted by Gasteiger charge is 2.16. The third kappa shape index (κ3) is 3.29. The van der Waals surface area contributed by atoms with Crippen LogP contribution in [0, 0.1) is 0 Å². The van der Waals surface area contributed by atoms with Crippen molar-refractivity contribution in [2.75, 3.05) is 32.8 Å². The van der Waals surface area contributed by atoms with Crippen molar-refractivity contribution in [3.63, 3.8) is 0 Å². The summed E-state index contributed by atoms with van der Waals surface area (Å²) in [4.78, 5) is 23.2. The molecule has 3 N–H and O–H groups in total. The quantitative estimate of drug-likeness (QED) is 0.552. The molecule has 6 nitrogen and oxygen atoms in total. The van der Waals surface area contributed by atoms with Gasteiger partial charge in [-0.1, -0.05) is 0 Å². The van der Waals surface area contributed by atoms with Crippen molar-refractivity contribution in [1.82, 2.24) is 10.2 Å². The minimum Gasteiger partial charge on any atom is -0.378 e. The predicted molar refractivity (Wildman–Crippen MR) is 45.0 cm³/mol. The average Bonchev–Trinajstić information content (AvgIpc) is 2.15. The Balaban J connectivity index is 2.25. The summed E-state index contributed by atoms with van der Waals surface area (Å²) in [7, 11) is 0. The molecule has 0 aliphatic carbocycles. The van der Waals surface area contributed by atoms with E-state index in [-0.39, 0.29) is 12.6 Å². The lowest BCUT2D eigenvalue weighted by Gasteiger charge is -2.26. The number of ether oxygens (including phenoxy) is 1. The number of hydrogen-bond donors (Lipinski definition) is 2. The normalized spacial score (nSPS) is 16.8. The first-order chi connectivity index (χ1) is 6.20. The Hall–Kier alpha value is -1.30. The number of primary amides is 1. The van der Waals surface area contributed by atoms with Gasteiger partial charge in [0, 0.05) is 13.1 Å². The largest absolute Gasteiger partial charge is 0.378 e. The monoisotopic (exact) mass is 187 g/mol. The summed E-state index contributed by atoms with van der Waals surface area (Å²) in [6, 6.07) is -0.262. The molecule has 0 aromatic heterocycles. The van der Waals surface area contributed by atoms with Crippen molar-refractivity contribution in [2.24, 2.45) is 5.73 Å². The van der Waals surface area contributed by atoms with Crippen molar-refractivity contribution in [2.45, 2.75) is 0 Å². The fraction of sp³-hybridized carbons (Fsp3) is 0.714. The van der Waals surface area contributed by atoms with Crippen LogP contribution in [-0.4, -0.2) is 49.7 Å². The molecule has 0 bridgehead atoms. The molecule has 13 heavy (non-hydrogen) atoms. The maximum Gasteiger partial charge on any atom is 0.317 e. The molecule has 0 atom stereocenters. The lowest BCUT2D eigenvalue weighted by molar-refractivity contribution is -0.117. The van der Waals surface area contributed by atoms with Gasteiger partial charge in [0.05, 0.1) is 19.8 Å². The highest BCUT2D eigenvalue weighted by molar-refractivity contribution is 5.82. The van der Waals surface area contributed by atoms with Gasteiger partial charge in [0.15, 0.2) is 0 Å². The molecule has 0 radical (unpaired) electrons. The van der Waals surface area contributed by atoms with Crippen molar-refractivity contribution in [1.29, 1.82) is 0 Å². The van der Waals surface area contributed by atoms with E-state index >= 15 is 0 Å². The van der Waals surface area contributed by atoms with Crippen LogP contribution in [0.3, 0.4) is 0 Å². The Morgan fingerprint density at radius 1 is 1.38 bits per heavy atom. The number of urea groups is 1. The number of hydrogen-bond acceptors (Lipinski definition) is 3. The van der Waals surface area contributed by atoms with E-state index in [9.17, 15) is 9.59 Å². The van der Waals surface area contributed by atoms with Crippen molar-refractivity contribution in [3.8, 4) is 0 Å². The van der Waals surface area contributed by atoms with E-state index in [1.54, 1.807) is 4.90 Å². The number of nitrogens with zero attached hydrogens (tertiary/aromatic N) is 1. The molecule has 1 rings (SSSR count). The molecule has 0 spiro atoms. The Morgan fingerprint density at radius 3 is 2.54 bits per heavy atom. The molecule has 3 amide bonds. The molecular weight excluding hydrogens is 174 g/mol. The molecule has 74 valence electrons. The first-order valence-electron chi connectivity index (χ1n) is 4.09. The maximum atomic E-state index is 11.3. The molecule has 0 unspecified atom stereocenters. The zero-order valence-corrected chi connectivity index (χ0v) is 7.28. The molecule has 6 heteroatoms. The molecule has 1 fully saturated rings. The first kappa shape index (κ1) is 9.79. The topological polar surface area (TPSA) is 84.7 Å². The molecule has 0 aromatic rings. The summed E-state index contributed by atoms with van der Waals surface area (Å²) in [5.74, 6) is -0.540. The van der Waals surface area contributed by atoms with E-state index in [0.29, 0.717) is 26.3 Å². The Bertz CT molecular complexity index is 201. The number of carbonyl (C=O) groups is 2. The fourth-order valence-electron chi connectivity index (χ4n) is 1.04. The van der Waals surface area contributed by atoms with E-state index in [1.807, 2.05) is 0 Å². The number of amides is 3. The van der Waals surface area contributed by atoms with Gasteiger partial charge in [-0.25, -0.2) is 4.79 Å². The second-order valence-electron chi connectivity index (χ2n) is 2.72. The van der Waals surface area contributed by atoms with Gasteiger partial charge in [-0.2, -0.15) is 0 Å². The van der Waals surface area contributed by atoms with Crippen LogP contribution in [0.25, 0.3) is 0 Å². The van der Waals surface area contributed by atoms with Crippen LogP contribution in [0.5, 0.6) is 0 Å². The van der Waals surface area contributed by atoms with Crippen molar-refractivity contribution >= 4 is 11.9 Å². The van der Waals surface area contributed by atoms with E-state index in [4.69, 9.17) is 10.5 Å². The van der Waals surface area contributed by atoms with Gasteiger partial charge in [-0.3, -0.25) is 4.79 Å². The van der Waals surface area contributed by atoms with E-state index in [2.05, 4.69) is 5.32 Å². The third-order valence-corrected chi connectivity index (χ3v) is 1.71. The van der Waals surface area contributed by atoms with Crippen LogP contribution < -0.4 is 11.1 Å². The van der Waals surface area contributed by atoms with Crippen LogP contribution in [0.4, 0.5) is 4.79 Å². The smallest absolute Gasteiger partial charge is 0.317 e. The highest BCUT2D eigenvalue weighted by Crippen LogP contribution is 1.96. The van der Waals surface area contributed by atoms with Gasteiger partial charge in [0.25, 0.3) is 0 Å². The summed E-state index contributed by atoms with van der Waals surface area (Å²) in [6.07, 6.45) is 0. The summed E-state index contributed by atoms with van der Waals surface area (Å²) >= 11 is 0. The van der Waals surface area contributed by atoms with Crippen LogP contribution in [-0.2, 0) is 9.53 Å². The standard InChI is InChI=1S/C7H13N3O3/c8-6(11)5-9-7(12)10-1-3-13-4-2-10/h1-5H2,(H2,8,11)(H,9,12). The first-order valence-corrected chi connectivity index (χ1v) is 4.09. The Morgan fingerprint density at radius 2 is 2.00 bits per heavy atom. The average molecular weight is 187 g/mol. The van der Waals surface area contributed by atoms with E-state index in [1.165, 1.54) is 0 Å². The van der Waals surface area contributed by atoms with Gasteiger partial charge in [-0.15, -0.1) is 0 Å². The Kier molecular flexibility index (Phi) is 3.51. The SMILES string of the molecule is NC(=O)CNC(=O)N1CCOCC1. The van der Waals surface area contributed by atoms with E-state index < -0.39 is 5.91 Å². The zero-order chi connectivity index (χ0) is 9.68. The number of nitrogens with one attached hydrogen (secondary N) is 1. The van der Waals surface area contributed by atoms with Crippen LogP contribution in [0.2, 0.25) is 0 Å². The summed E-state index contributed by atoms with van der Waals surface area (Å²) in [5.41, 5.74) is 4.87. The van der Waals surface area contributed by atoms with Crippen molar-refractivity contribution < 1.29 is 14.3 Å². The van der Waals surface area contributed by atoms with Crippen LogP contribution >= 0.6 is 0 Å².